The number of nitrogens with zero attached hydrogens (tertiary/aromatic N) is 3. The van der Waals surface area contributed by atoms with E-state index in [0.717, 1.165) is 10.9 Å². The van der Waals surface area contributed by atoms with Gasteiger partial charge in [0.1, 0.15) is 5.65 Å². The normalized spacial score (nSPS) is 20.8. The van der Waals surface area contributed by atoms with E-state index in [-0.39, 0.29) is 11.1 Å². The molecule has 0 spiro atoms. The predicted molar refractivity (Wildman–Crippen MR) is 77.1 cm³/mol. The molecule has 2 aromatic rings. The second-order valence-electron chi connectivity index (χ2n) is 4.68. The molecule has 0 radical (unpaired) electrons. The molecule has 0 N–H and O–H groups in total. The fourth-order valence-corrected chi connectivity index (χ4v) is 4.25. The Balaban J connectivity index is 2.03. The van der Waals surface area contributed by atoms with Crippen molar-refractivity contribution in [1.82, 2.24) is 13.7 Å². The highest BCUT2D eigenvalue weighted by molar-refractivity contribution is 9.10. The van der Waals surface area contributed by atoms with Gasteiger partial charge in [0.25, 0.3) is 10.0 Å². The summed E-state index contributed by atoms with van der Waals surface area (Å²) in [6.07, 6.45) is 3.79. The summed E-state index contributed by atoms with van der Waals surface area (Å²) in [5.41, 5.74) is 0.606. The van der Waals surface area contributed by atoms with Crippen LogP contribution >= 0.6 is 15.9 Å². The van der Waals surface area contributed by atoms with E-state index < -0.39 is 10.0 Å². The average molecular weight is 360 g/mol. The number of aromatic nitrogens is 2. The number of hydrogen-bond donors (Lipinski definition) is 0. The molecule has 108 valence electrons. The summed E-state index contributed by atoms with van der Waals surface area (Å²) in [5, 5.41) is 0.186. The number of halogens is 1. The van der Waals surface area contributed by atoms with Crippen LogP contribution in [0.2, 0.25) is 0 Å². The van der Waals surface area contributed by atoms with Crippen molar-refractivity contribution >= 4 is 31.6 Å². The second-order valence-corrected chi connectivity index (χ2v) is 7.48. The SMILES string of the molecule is CO[C@H]1CCN(S(=O)(=O)c2cnc3ccc(Br)cn23)C1. The Bertz CT molecular complexity index is 743. The predicted octanol–water partition coefficient (Wildman–Crippen LogP) is 1.51. The second kappa shape index (κ2) is 5.10. The van der Waals surface area contributed by atoms with E-state index in [2.05, 4.69) is 20.9 Å². The average Bonchev–Trinajstić information content (AvgIpc) is 3.05. The number of sulfonamides is 1. The van der Waals surface area contributed by atoms with Crippen LogP contribution in [-0.2, 0) is 14.8 Å². The summed E-state index contributed by atoms with van der Waals surface area (Å²) in [6, 6.07) is 3.60. The number of fused-ring (bicyclic) bond motifs is 1. The van der Waals surface area contributed by atoms with Crippen molar-refractivity contribution in [3.63, 3.8) is 0 Å². The minimum atomic E-state index is -3.55. The van der Waals surface area contributed by atoms with Crippen molar-refractivity contribution in [3.05, 3.63) is 29.0 Å². The number of pyridine rings is 1. The van der Waals surface area contributed by atoms with Crippen LogP contribution < -0.4 is 0 Å². The number of imidazole rings is 1. The maximum absolute atomic E-state index is 12.7. The summed E-state index contributed by atoms with van der Waals surface area (Å²) < 4.78 is 34.4. The molecule has 20 heavy (non-hydrogen) atoms. The van der Waals surface area contributed by atoms with Crippen LogP contribution in [0.5, 0.6) is 0 Å². The van der Waals surface area contributed by atoms with E-state index >= 15 is 0 Å². The van der Waals surface area contributed by atoms with Gasteiger partial charge in [-0.2, -0.15) is 4.31 Å². The quantitative estimate of drug-likeness (QED) is 0.832. The van der Waals surface area contributed by atoms with E-state index in [1.807, 2.05) is 6.07 Å². The van der Waals surface area contributed by atoms with E-state index in [1.54, 1.807) is 23.8 Å². The van der Waals surface area contributed by atoms with Crippen molar-refractivity contribution in [3.8, 4) is 0 Å². The third kappa shape index (κ3) is 2.26. The van der Waals surface area contributed by atoms with Gasteiger partial charge in [-0.05, 0) is 34.5 Å². The van der Waals surface area contributed by atoms with Crippen molar-refractivity contribution in [1.29, 1.82) is 0 Å². The van der Waals surface area contributed by atoms with Gasteiger partial charge in [0.05, 0.1) is 12.3 Å². The third-order valence-corrected chi connectivity index (χ3v) is 5.79. The Morgan fingerprint density at radius 2 is 2.25 bits per heavy atom. The van der Waals surface area contributed by atoms with Crippen molar-refractivity contribution in [2.45, 2.75) is 17.6 Å². The molecule has 0 amide bonds. The first-order valence-electron chi connectivity index (χ1n) is 6.18. The topological polar surface area (TPSA) is 63.9 Å². The maximum Gasteiger partial charge on any atom is 0.260 e. The molecule has 8 heteroatoms. The van der Waals surface area contributed by atoms with E-state index in [9.17, 15) is 8.42 Å². The minimum absolute atomic E-state index is 0.0318. The van der Waals surface area contributed by atoms with Crippen LogP contribution in [0.1, 0.15) is 6.42 Å². The van der Waals surface area contributed by atoms with Gasteiger partial charge in [-0.15, -0.1) is 0 Å². The van der Waals surface area contributed by atoms with Crippen LogP contribution in [-0.4, -0.2) is 48.4 Å². The lowest BCUT2D eigenvalue weighted by molar-refractivity contribution is 0.115. The van der Waals surface area contributed by atoms with E-state index in [4.69, 9.17) is 4.74 Å². The molecule has 0 unspecified atom stereocenters. The molecule has 3 rings (SSSR count). The molecule has 6 nitrogen and oxygen atoms in total. The van der Waals surface area contributed by atoms with Gasteiger partial charge < -0.3 is 4.74 Å². The molecule has 0 aromatic carbocycles. The van der Waals surface area contributed by atoms with Crippen LogP contribution in [0.3, 0.4) is 0 Å². The summed E-state index contributed by atoms with van der Waals surface area (Å²) in [5.74, 6) is 0. The highest BCUT2D eigenvalue weighted by Crippen LogP contribution is 2.24. The first-order valence-corrected chi connectivity index (χ1v) is 8.41. The fourth-order valence-electron chi connectivity index (χ4n) is 2.36. The van der Waals surface area contributed by atoms with Crippen LogP contribution in [0.25, 0.3) is 5.65 Å². The summed E-state index contributed by atoms with van der Waals surface area (Å²) >= 11 is 3.35. The van der Waals surface area contributed by atoms with Gasteiger partial charge in [0, 0.05) is 30.9 Å². The zero-order chi connectivity index (χ0) is 14.3. The van der Waals surface area contributed by atoms with E-state index in [0.29, 0.717) is 18.7 Å². The number of methoxy groups -OCH3 is 1. The van der Waals surface area contributed by atoms with Gasteiger partial charge in [-0.25, -0.2) is 13.4 Å². The number of rotatable bonds is 3. The largest absolute Gasteiger partial charge is 0.380 e. The standard InChI is InChI=1S/C12H14BrN3O3S/c1-19-10-4-5-15(8-10)20(17,18)12-6-14-11-3-2-9(13)7-16(11)12/h2-3,6-7,10H,4-5,8H2,1H3/t10-/m0/s1. The molecule has 1 aliphatic rings. The van der Waals surface area contributed by atoms with Gasteiger partial charge in [-0.1, -0.05) is 0 Å². The highest BCUT2D eigenvalue weighted by atomic mass is 79.9. The van der Waals surface area contributed by atoms with Gasteiger partial charge in [-0.3, -0.25) is 4.40 Å². The Morgan fingerprint density at radius 1 is 1.45 bits per heavy atom. The maximum atomic E-state index is 12.7. The lowest BCUT2D eigenvalue weighted by Gasteiger charge is -2.15. The minimum Gasteiger partial charge on any atom is -0.380 e. The molecule has 1 atom stereocenters. The number of hydrogen-bond acceptors (Lipinski definition) is 4. The molecule has 3 heterocycles. The Kier molecular flexibility index (Phi) is 3.57. The molecule has 0 bridgehead atoms. The highest BCUT2D eigenvalue weighted by Gasteiger charge is 2.34. The first kappa shape index (κ1) is 14.0. The molecule has 0 aliphatic carbocycles. The van der Waals surface area contributed by atoms with Crippen LogP contribution in [0.15, 0.2) is 34.0 Å². The summed E-state index contributed by atoms with van der Waals surface area (Å²) in [4.78, 5) is 4.14. The molecule has 1 aliphatic heterocycles. The molecule has 0 saturated carbocycles. The zero-order valence-electron chi connectivity index (χ0n) is 10.9. The number of ether oxygens (including phenoxy) is 1. The summed E-state index contributed by atoms with van der Waals surface area (Å²) in [7, 11) is -1.95. The Labute approximate surface area is 125 Å². The third-order valence-electron chi connectivity index (χ3n) is 3.48. The zero-order valence-corrected chi connectivity index (χ0v) is 13.3. The van der Waals surface area contributed by atoms with E-state index in [1.165, 1.54) is 10.5 Å². The molecular weight excluding hydrogens is 346 g/mol. The Morgan fingerprint density at radius 3 is 2.95 bits per heavy atom. The van der Waals surface area contributed by atoms with Crippen LogP contribution in [0, 0.1) is 0 Å². The van der Waals surface area contributed by atoms with Gasteiger partial charge in [0.2, 0.25) is 0 Å². The monoisotopic (exact) mass is 359 g/mol. The van der Waals surface area contributed by atoms with Crippen LogP contribution in [0.4, 0.5) is 0 Å². The Hall–Kier alpha value is -0.960. The summed E-state index contributed by atoms with van der Waals surface area (Å²) in [6.45, 7) is 0.863. The molecule has 1 saturated heterocycles. The lowest BCUT2D eigenvalue weighted by atomic mass is 10.3. The molecule has 2 aromatic heterocycles. The first-order chi connectivity index (χ1) is 9.52. The van der Waals surface area contributed by atoms with Crippen molar-refractivity contribution < 1.29 is 13.2 Å². The van der Waals surface area contributed by atoms with Crippen molar-refractivity contribution in [2.24, 2.45) is 0 Å². The van der Waals surface area contributed by atoms with Crippen molar-refractivity contribution in [2.75, 3.05) is 20.2 Å². The molecular formula is C12H14BrN3O3S. The lowest BCUT2D eigenvalue weighted by Crippen LogP contribution is -2.30. The molecule has 1 fully saturated rings. The smallest absolute Gasteiger partial charge is 0.260 e. The fraction of sp³-hybridized carbons (Fsp3) is 0.417. The van der Waals surface area contributed by atoms with Gasteiger partial charge >= 0.3 is 0 Å². The van der Waals surface area contributed by atoms with Gasteiger partial charge in [0.15, 0.2) is 5.03 Å².